The Morgan fingerprint density at radius 1 is 1.04 bits per heavy atom. The first kappa shape index (κ1) is 15.7. The first-order valence-corrected chi connectivity index (χ1v) is 7.72. The van der Waals surface area contributed by atoms with E-state index in [9.17, 15) is 4.79 Å². The zero-order valence-electron chi connectivity index (χ0n) is 12.5. The standard InChI is InChI=1S/C17H13Cl2N3O/c1-10-14(18)8-12(9-15(10)19)20-16-11(2)21-22(17(16)23)13-6-4-3-5-7-13/h3-9H,1-2H3. The summed E-state index contributed by atoms with van der Waals surface area (Å²) in [5.41, 5.74) is 2.84. The van der Waals surface area contributed by atoms with Gasteiger partial charge < -0.3 is 0 Å². The van der Waals surface area contributed by atoms with E-state index >= 15 is 0 Å². The molecule has 0 fully saturated rings. The van der Waals surface area contributed by atoms with E-state index in [0.29, 0.717) is 27.1 Å². The van der Waals surface area contributed by atoms with E-state index in [1.807, 2.05) is 37.3 Å². The van der Waals surface area contributed by atoms with E-state index in [1.165, 1.54) is 5.01 Å². The zero-order chi connectivity index (χ0) is 16.6. The van der Waals surface area contributed by atoms with Gasteiger partial charge in [0.15, 0.2) is 5.71 Å². The summed E-state index contributed by atoms with van der Waals surface area (Å²) in [6, 6.07) is 12.6. The van der Waals surface area contributed by atoms with Crippen LogP contribution in [0.2, 0.25) is 10.0 Å². The van der Waals surface area contributed by atoms with Gasteiger partial charge in [0.2, 0.25) is 0 Å². The summed E-state index contributed by atoms with van der Waals surface area (Å²) < 4.78 is 0. The molecule has 3 rings (SSSR count). The average Bonchev–Trinajstić information content (AvgIpc) is 2.81. The summed E-state index contributed by atoms with van der Waals surface area (Å²) in [7, 11) is 0. The topological polar surface area (TPSA) is 45.0 Å². The Kier molecular flexibility index (Phi) is 4.20. The molecule has 0 aromatic heterocycles. The second kappa shape index (κ2) is 6.14. The van der Waals surface area contributed by atoms with Crippen molar-refractivity contribution in [2.45, 2.75) is 13.8 Å². The van der Waals surface area contributed by atoms with Crippen LogP contribution in [0.3, 0.4) is 0 Å². The molecule has 2 aromatic carbocycles. The van der Waals surface area contributed by atoms with Crippen LogP contribution >= 0.6 is 23.2 Å². The molecule has 0 aliphatic carbocycles. The van der Waals surface area contributed by atoms with Crippen molar-refractivity contribution < 1.29 is 4.79 Å². The molecule has 6 heteroatoms. The first-order valence-electron chi connectivity index (χ1n) is 6.97. The van der Waals surface area contributed by atoms with Crippen molar-refractivity contribution in [3.8, 4) is 0 Å². The Labute approximate surface area is 144 Å². The van der Waals surface area contributed by atoms with Crippen molar-refractivity contribution >= 4 is 51.9 Å². The van der Waals surface area contributed by atoms with Gasteiger partial charge in [0.05, 0.1) is 17.1 Å². The molecule has 0 spiro atoms. The fourth-order valence-corrected chi connectivity index (χ4v) is 2.67. The fourth-order valence-electron chi connectivity index (χ4n) is 2.20. The number of hydrazone groups is 1. The smallest absolute Gasteiger partial charge is 0.265 e. The highest BCUT2D eigenvalue weighted by atomic mass is 35.5. The third-order valence-electron chi connectivity index (χ3n) is 3.50. The van der Waals surface area contributed by atoms with Gasteiger partial charge in [-0.15, -0.1) is 0 Å². The lowest BCUT2D eigenvalue weighted by atomic mass is 10.2. The highest BCUT2D eigenvalue weighted by Crippen LogP contribution is 2.30. The number of para-hydroxylation sites is 1. The van der Waals surface area contributed by atoms with Crippen LogP contribution in [0, 0.1) is 6.92 Å². The second-order valence-electron chi connectivity index (χ2n) is 5.13. The maximum absolute atomic E-state index is 12.6. The molecule has 1 aliphatic rings. The Balaban J connectivity index is 1.99. The lowest BCUT2D eigenvalue weighted by molar-refractivity contribution is -0.112. The Bertz CT molecular complexity index is 821. The number of benzene rings is 2. The van der Waals surface area contributed by atoms with Gasteiger partial charge in [0.1, 0.15) is 0 Å². The molecule has 0 bridgehead atoms. The number of rotatable bonds is 2. The SMILES string of the molecule is CC1=NN(c2ccccc2)C(=O)C1=Nc1cc(Cl)c(C)c(Cl)c1. The van der Waals surface area contributed by atoms with Crippen LogP contribution in [0.25, 0.3) is 0 Å². The molecule has 0 atom stereocenters. The summed E-state index contributed by atoms with van der Waals surface area (Å²) in [6.07, 6.45) is 0. The molecular formula is C17H13Cl2N3O. The van der Waals surface area contributed by atoms with Crippen molar-refractivity contribution in [3.63, 3.8) is 0 Å². The molecule has 0 unspecified atom stereocenters. The van der Waals surface area contributed by atoms with Crippen molar-refractivity contribution in [3.05, 3.63) is 58.1 Å². The Morgan fingerprint density at radius 3 is 2.26 bits per heavy atom. The molecular weight excluding hydrogens is 333 g/mol. The molecule has 1 heterocycles. The number of amides is 1. The van der Waals surface area contributed by atoms with Crippen molar-refractivity contribution in [1.29, 1.82) is 0 Å². The molecule has 0 radical (unpaired) electrons. The minimum atomic E-state index is -0.276. The van der Waals surface area contributed by atoms with E-state index in [2.05, 4.69) is 10.1 Å². The maximum Gasteiger partial charge on any atom is 0.299 e. The summed E-state index contributed by atoms with van der Waals surface area (Å²) in [6.45, 7) is 3.57. The molecule has 2 aromatic rings. The molecule has 4 nitrogen and oxygen atoms in total. The van der Waals surface area contributed by atoms with Crippen LogP contribution in [-0.4, -0.2) is 17.3 Å². The van der Waals surface area contributed by atoms with E-state index in [1.54, 1.807) is 19.1 Å². The predicted octanol–water partition coefficient (Wildman–Crippen LogP) is 4.80. The Hall–Kier alpha value is -2.17. The van der Waals surface area contributed by atoms with Crippen LogP contribution in [0.4, 0.5) is 11.4 Å². The number of aliphatic imine (C=N–C) groups is 1. The third kappa shape index (κ3) is 3.00. The van der Waals surface area contributed by atoms with Gasteiger partial charge in [0, 0.05) is 10.0 Å². The minimum Gasteiger partial charge on any atom is -0.265 e. The van der Waals surface area contributed by atoms with Crippen molar-refractivity contribution in [2.75, 3.05) is 5.01 Å². The van der Waals surface area contributed by atoms with E-state index in [4.69, 9.17) is 23.2 Å². The van der Waals surface area contributed by atoms with Crippen LogP contribution < -0.4 is 5.01 Å². The number of nitrogens with zero attached hydrogens (tertiary/aromatic N) is 3. The van der Waals surface area contributed by atoms with E-state index in [0.717, 1.165) is 5.56 Å². The maximum atomic E-state index is 12.6. The van der Waals surface area contributed by atoms with Gasteiger partial charge >= 0.3 is 0 Å². The number of hydrogen-bond acceptors (Lipinski definition) is 3. The van der Waals surface area contributed by atoms with Crippen LogP contribution in [0.5, 0.6) is 0 Å². The van der Waals surface area contributed by atoms with Gasteiger partial charge in [-0.2, -0.15) is 10.1 Å². The summed E-state index contributed by atoms with van der Waals surface area (Å²) >= 11 is 12.2. The van der Waals surface area contributed by atoms with Crippen LogP contribution in [0.1, 0.15) is 12.5 Å². The lowest BCUT2D eigenvalue weighted by Gasteiger charge is -2.10. The third-order valence-corrected chi connectivity index (χ3v) is 4.28. The average molecular weight is 346 g/mol. The fraction of sp³-hybridized carbons (Fsp3) is 0.118. The zero-order valence-corrected chi connectivity index (χ0v) is 14.1. The predicted molar refractivity (Wildman–Crippen MR) is 95.3 cm³/mol. The van der Waals surface area contributed by atoms with Gasteiger partial charge in [0.25, 0.3) is 5.91 Å². The summed E-state index contributed by atoms with van der Waals surface area (Å²) in [5, 5.41) is 6.64. The second-order valence-corrected chi connectivity index (χ2v) is 5.95. The minimum absolute atomic E-state index is 0.276. The summed E-state index contributed by atoms with van der Waals surface area (Å²) in [5.74, 6) is -0.276. The van der Waals surface area contributed by atoms with Gasteiger partial charge in [-0.25, -0.2) is 4.99 Å². The monoisotopic (exact) mass is 345 g/mol. The molecule has 0 saturated heterocycles. The van der Waals surface area contributed by atoms with E-state index in [-0.39, 0.29) is 11.6 Å². The number of carbonyl (C=O) groups excluding carboxylic acids is 1. The molecule has 0 saturated carbocycles. The molecule has 116 valence electrons. The number of carbonyl (C=O) groups is 1. The van der Waals surface area contributed by atoms with Crippen LogP contribution in [-0.2, 0) is 4.79 Å². The quantitative estimate of drug-likeness (QED) is 0.771. The molecule has 1 aliphatic heterocycles. The highest BCUT2D eigenvalue weighted by Gasteiger charge is 2.30. The lowest BCUT2D eigenvalue weighted by Crippen LogP contribution is -2.27. The molecule has 1 amide bonds. The van der Waals surface area contributed by atoms with Crippen molar-refractivity contribution in [1.82, 2.24) is 0 Å². The highest BCUT2D eigenvalue weighted by molar-refractivity contribution is 6.71. The van der Waals surface area contributed by atoms with E-state index < -0.39 is 0 Å². The number of anilines is 1. The largest absolute Gasteiger partial charge is 0.299 e. The Morgan fingerprint density at radius 2 is 1.65 bits per heavy atom. The summed E-state index contributed by atoms with van der Waals surface area (Å²) in [4.78, 5) is 17.0. The first-order chi connectivity index (χ1) is 11.0. The molecule has 0 N–H and O–H groups in total. The molecule has 23 heavy (non-hydrogen) atoms. The van der Waals surface area contributed by atoms with Gasteiger partial charge in [-0.3, -0.25) is 4.79 Å². The van der Waals surface area contributed by atoms with Crippen molar-refractivity contribution in [2.24, 2.45) is 10.1 Å². The van der Waals surface area contributed by atoms with Gasteiger partial charge in [-0.05, 0) is 43.7 Å². The normalized spacial score (nSPS) is 16.2. The van der Waals surface area contributed by atoms with Crippen LogP contribution in [0.15, 0.2) is 52.6 Å². The van der Waals surface area contributed by atoms with Gasteiger partial charge in [-0.1, -0.05) is 41.4 Å². The number of hydrogen-bond donors (Lipinski definition) is 0. The number of halogens is 2.